The predicted molar refractivity (Wildman–Crippen MR) is 55.2 cm³/mol. The van der Waals surface area contributed by atoms with E-state index in [1.807, 2.05) is 0 Å². The maximum absolute atomic E-state index is 6.12. The molecule has 70 valence electrons. The van der Waals surface area contributed by atoms with Crippen LogP contribution in [0.4, 0.5) is 0 Å². The van der Waals surface area contributed by atoms with Gasteiger partial charge in [-0.2, -0.15) is 0 Å². The first kappa shape index (κ1) is 9.98. The summed E-state index contributed by atoms with van der Waals surface area (Å²) in [4.78, 5) is 0. The van der Waals surface area contributed by atoms with Gasteiger partial charge in [0.1, 0.15) is 0 Å². The normalized spacial score (nSPS) is 64.2. The van der Waals surface area contributed by atoms with Crippen molar-refractivity contribution in [3.63, 3.8) is 0 Å². The van der Waals surface area contributed by atoms with Crippen LogP contribution in [0.25, 0.3) is 0 Å². The lowest BCUT2D eigenvalue weighted by Crippen LogP contribution is -2.37. The molecule has 2 rings (SSSR count). The van der Waals surface area contributed by atoms with Gasteiger partial charge in [0.2, 0.25) is 0 Å². The molecule has 0 aliphatic heterocycles. The molecule has 2 bridgehead atoms. The Balaban J connectivity index is 2.29. The van der Waals surface area contributed by atoms with E-state index < -0.39 is 0 Å². The SMILES string of the molecule is ClC1C(Cl)C2C(Cl)C(Cl)C1C2Cl. The van der Waals surface area contributed by atoms with Crippen molar-refractivity contribution >= 4 is 58.0 Å². The number of fused-ring (bicyclic) bond motifs is 2. The van der Waals surface area contributed by atoms with Crippen molar-refractivity contribution in [1.29, 1.82) is 0 Å². The monoisotopic (exact) mass is 266 g/mol. The molecule has 4 unspecified atom stereocenters. The molecule has 0 amide bonds. The Labute approximate surface area is 96.4 Å². The molecule has 0 N–H and O–H groups in total. The first-order valence-electron chi connectivity index (χ1n) is 3.76. The van der Waals surface area contributed by atoms with E-state index in [0.29, 0.717) is 0 Å². The lowest BCUT2D eigenvalue weighted by molar-refractivity contribution is 0.507. The molecule has 4 atom stereocenters. The van der Waals surface area contributed by atoms with E-state index in [0.717, 1.165) is 0 Å². The average Bonchev–Trinajstić information content (AvgIpc) is 2.33. The molecule has 2 aliphatic rings. The topological polar surface area (TPSA) is 0 Å². The molecule has 0 saturated heterocycles. The van der Waals surface area contributed by atoms with Gasteiger partial charge in [-0.15, -0.1) is 58.0 Å². The van der Waals surface area contributed by atoms with Crippen molar-refractivity contribution in [3.05, 3.63) is 0 Å². The van der Waals surface area contributed by atoms with Gasteiger partial charge in [-0.25, -0.2) is 0 Å². The fourth-order valence-electron chi connectivity index (χ4n) is 2.16. The van der Waals surface area contributed by atoms with Crippen LogP contribution in [0.15, 0.2) is 0 Å². The molecule has 5 heteroatoms. The second kappa shape index (κ2) is 3.24. The zero-order chi connectivity index (χ0) is 9.04. The van der Waals surface area contributed by atoms with Crippen molar-refractivity contribution in [2.75, 3.05) is 0 Å². The highest BCUT2D eigenvalue weighted by molar-refractivity contribution is 6.38. The van der Waals surface area contributed by atoms with Crippen molar-refractivity contribution in [1.82, 2.24) is 0 Å². The number of hydrogen-bond donors (Lipinski definition) is 0. The minimum atomic E-state index is -0.128. The minimum Gasteiger partial charge on any atom is -0.122 e. The summed E-state index contributed by atoms with van der Waals surface area (Å²) >= 11 is 30.3. The summed E-state index contributed by atoms with van der Waals surface area (Å²) in [6.07, 6.45) is 0. The van der Waals surface area contributed by atoms with Crippen LogP contribution in [0, 0.1) is 11.8 Å². The zero-order valence-electron chi connectivity index (χ0n) is 5.93. The molecule has 12 heavy (non-hydrogen) atoms. The van der Waals surface area contributed by atoms with Gasteiger partial charge in [-0.05, 0) is 0 Å². The smallest absolute Gasteiger partial charge is 0.0560 e. The number of rotatable bonds is 0. The summed E-state index contributed by atoms with van der Waals surface area (Å²) in [7, 11) is 0. The average molecular weight is 268 g/mol. The predicted octanol–water partition coefficient (Wildman–Crippen LogP) is 3.28. The molecule has 0 aromatic carbocycles. The van der Waals surface area contributed by atoms with Gasteiger partial charge in [0.25, 0.3) is 0 Å². The van der Waals surface area contributed by atoms with Crippen LogP contribution in [0.3, 0.4) is 0 Å². The summed E-state index contributed by atoms with van der Waals surface area (Å²) in [5, 5.41) is -0.568. The number of alkyl halides is 5. The first-order valence-corrected chi connectivity index (χ1v) is 5.94. The van der Waals surface area contributed by atoms with Crippen LogP contribution < -0.4 is 0 Å². The summed E-state index contributed by atoms with van der Waals surface area (Å²) < 4.78 is 0. The minimum absolute atomic E-state index is 0.0556. The maximum Gasteiger partial charge on any atom is 0.0560 e. The highest BCUT2D eigenvalue weighted by Crippen LogP contribution is 2.56. The zero-order valence-corrected chi connectivity index (χ0v) is 9.71. The van der Waals surface area contributed by atoms with Crippen LogP contribution in [-0.4, -0.2) is 26.9 Å². The molecule has 2 fully saturated rings. The summed E-state index contributed by atoms with van der Waals surface area (Å²) in [5.74, 6) is 0.120. The van der Waals surface area contributed by atoms with Crippen LogP contribution in [0.2, 0.25) is 0 Å². The molecular weight excluding hydrogens is 261 g/mol. The Bertz CT molecular complexity index is 160. The van der Waals surface area contributed by atoms with E-state index in [2.05, 4.69) is 0 Å². The molecule has 0 spiro atoms. The lowest BCUT2D eigenvalue weighted by atomic mass is 9.99. The molecule has 0 radical (unpaired) electrons. The quantitative estimate of drug-likeness (QED) is 0.591. The van der Waals surface area contributed by atoms with Crippen molar-refractivity contribution in [2.45, 2.75) is 26.9 Å². The molecule has 2 saturated carbocycles. The Hall–Kier alpha value is 1.45. The van der Waals surface area contributed by atoms with Gasteiger partial charge in [-0.1, -0.05) is 0 Å². The standard InChI is InChI=1S/C7H7Cl5/c8-3-1-4(9)6(11)2(3)7(12)5(1)10/h1-7H. The number of halogens is 5. The Morgan fingerprint density at radius 1 is 0.417 bits per heavy atom. The van der Waals surface area contributed by atoms with Gasteiger partial charge in [-0.3, -0.25) is 0 Å². The molecule has 0 nitrogen and oxygen atoms in total. The van der Waals surface area contributed by atoms with Gasteiger partial charge < -0.3 is 0 Å². The summed E-state index contributed by atoms with van der Waals surface area (Å²) in [6, 6.07) is 0. The Morgan fingerprint density at radius 2 is 0.667 bits per heavy atom. The Morgan fingerprint density at radius 3 is 0.833 bits per heavy atom. The maximum atomic E-state index is 6.12. The second-order valence-electron chi connectivity index (χ2n) is 3.38. The molecule has 0 aromatic heterocycles. The van der Waals surface area contributed by atoms with E-state index >= 15 is 0 Å². The molecular formula is C7H7Cl5. The van der Waals surface area contributed by atoms with E-state index in [-0.39, 0.29) is 38.7 Å². The fourth-order valence-corrected chi connectivity index (χ4v) is 5.16. The van der Waals surface area contributed by atoms with Gasteiger partial charge in [0.15, 0.2) is 0 Å². The van der Waals surface area contributed by atoms with Crippen molar-refractivity contribution in [3.8, 4) is 0 Å². The summed E-state index contributed by atoms with van der Waals surface area (Å²) in [5.41, 5.74) is 0. The lowest BCUT2D eigenvalue weighted by Gasteiger charge is -2.28. The molecule has 2 aliphatic carbocycles. The molecule has 0 aromatic rings. The third-order valence-corrected chi connectivity index (χ3v) is 5.90. The van der Waals surface area contributed by atoms with Gasteiger partial charge in [0, 0.05) is 17.2 Å². The van der Waals surface area contributed by atoms with E-state index in [1.165, 1.54) is 0 Å². The highest BCUT2D eigenvalue weighted by Gasteiger charge is 2.61. The van der Waals surface area contributed by atoms with Crippen LogP contribution in [-0.2, 0) is 0 Å². The van der Waals surface area contributed by atoms with E-state index in [1.54, 1.807) is 0 Å². The van der Waals surface area contributed by atoms with Crippen LogP contribution >= 0.6 is 58.0 Å². The van der Waals surface area contributed by atoms with Crippen LogP contribution in [0.1, 0.15) is 0 Å². The number of hydrogen-bond acceptors (Lipinski definition) is 0. The third-order valence-electron chi connectivity index (χ3n) is 2.81. The van der Waals surface area contributed by atoms with Gasteiger partial charge >= 0.3 is 0 Å². The second-order valence-corrected chi connectivity index (χ2v) is 5.90. The highest BCUT2D eigenvalue weighted by atomic mass is 35.5. The largest absolute Gasteiger partial charge is 0.122 e. The van der Waals surface area contributed by atoms with Crippen molar-refractivity contribution < 1.29 is 0 Å². The van der Waals surface area contributed by atoms with Crippen LogP contribution in [0.5, 0.6) is 0 Å². The van der Waals surface area contributed by atoms with Crippen molar-refractivity contribution in [2.24, 2.45) is 11.8 Å². The summed E-state index contributed by atoms with van der Waals surface area (Å²) in [6.45, 7) is 0. The molecule has 0 heterocycles. The van der Waals surface area contributed by atoms with E-state index in [4.69, 9.17) is 58.0 Å². The van der Waals surface area contributed by atoms with Gasteiger partial charge in [0.05, 0.1) is 21.5 Å². The fraction of sp³-hybridized carbons (Fsp3) is 1.00. The first-order chi connectivity index (χ1) is 5.55. The Kier molecular flexibility index (Phi) is 2.69. The van der Waals surface area contributed by atoms with E-state index in [9.17, 15) is 0 Å². The third kappa shape index (κ3) is 1.12.